The van der Waals surface area contributed by atoms with E-state index in [1.165, 1.54) is 24.3 Å². The zero-order chi connectivity index (χ0) is 24.8. The van der Waals surface area contributed by atoms with Crippen LogP contribution in [0, 0.1) is 0 Å². The van der Waals surface area contributed by atoms with E-state index in [2.05, 4.69) is 20.0 Å². The molecule has 184 valence electrons. The number of hydrogen-bond acceptors (Lipinski definition) is 7. The largest absolute Gasteiger partial charge is 0.573 e. The Balaban J connectivity index is 1.40. The van der Waals surface area contributed by atoms with Crippen LogP contribution in [-0.4, -0.2) is 64.7 Å². The van der Waals surface area contributed by atoms with Crippen molar-refractivity contribution in [2.75, 3.05) is 26.2 Å². The van der Waals surface area contributed by atoms with E-state index in [-0.39, 0.29) is 18.1 Å². The van der Waals surface area contributed by atoms with Crippen molar-refractivity contribution in [2.24, 2.45) is 0 Å². The molecule has 3 aromatic rings. The summed E-state index contributed by atoms with van der Waals surface area (Å²) in [5, 5.41) is 13.1. The summed E-state index contributed by atoms with van der Waals surface area (Å²) >= 11 is 0. The number of carbonyl (C=O) groups is 1. The molecule has 2 heterocycles. The standard InChI is InChI=1S/C24H23F3N4O4/c25-24(26,27)35-18-5-2-16(3-6-18)17-4-7-20-19(14-17)23(33)31(12-13-34-20)11-10-30-22(32)15-21-28-8-1-9-29-21/h1-9,14,22,30,32H,10-13,15H2. The Morgan fingerprint density at radius 3 is 2.54 bits per heavy atom. The maximum absolute atomic E-state index is 13.2. The Kier molecular flexibility index (Phi) is 7.47. The zero-order valence-electron chi connectivity index (χ0n) is 18.5. The number of amides is 1. The second-order valence-corrected chi connectivity index (χ2v) is 7.76. The first-order chi connectivity index (χ1) is 16.8. The van der Waals surface area contributed by atoms with Gasteiger partial charge in [0.1, 0.15) is 30.2 Å². The van der Waals surface area contributed by atoms with Crippen LogP contribution in [0.15, 0.2) is 60.9 Å². The number of alkyl halides is 3. The van der Waals surface area contributed by atoms with Crippen LogP contribution in [-0.2, 0) is 6.42 Å². The van der Waals surface area contributed by atoms with E-state index >= 15 is 0 Å². The average molecular weight is 488 g/mol. The summed E-state index contributed by atoms with van der Waals surface area (Å²) in [6.45, 7) is 1.35. The minimum absolute atomic E-state index is 0.233. The number of aliphatic hydroxyl groups excluding tert-OH is 1. The summed E-state index contributed by atoms with van der Waals surface area (Å²) in [5.74, 6) is 0.382. The monoisotopic (exact) mass is 488 g/mol. The van der Waals surface area contributed by atoms with Crippen LogP contribution in [0.5, 0.6) is 11.5 Å². The second-order valence-electron chi connectivity index (χ2n) is 7.76. The molecule has 1 unspecified atom stereocenters. The molecule has 1 aliphatic rings. The quantitative estimate of drug-likeness (QED) is 0.471. The molecule has 0 spiro atoms. The molecule has 2 N–H and O–H groups in total. The van der Waals surface area contributed by atoms with Crippen molar-refractivity contribution in [1.82, 2.24) is 20.2 Å². The van der Waals surface area contributed by atoms with Gasteiger partial charge in [-0.15, -0.1) is 13.2 Å². The lowest BCUT2D eigenvalue weighted by Gasteiger charge is -2.21. The van der Waals surface area contributed by atoms with E-state index in [1.807, 2.05) is 0 Å². The second kappa shape index (κ2) is 10.7. The molecule has 1 aromatic heterocycles. The number of aromatic nitrogens is 2. The molecule has 0 saturated heterocycles. The minimum atomic E-state index is -4.76. The van der Waals surface area contributed by atoms with Gasteiger partial charge in [0.15, 0.2) is 0 Å². The van der Waals surface area contributed by atoms with Crippen molar-refractivity contribution >= 4 is 5.91 Å². The van der Waals surface area contributed by atoms with Crippen molar-refractivity contribution < 1.29 is 32.5 Å². The predicted molar refractivity (Wildman–Crippen MR) is 120 cm³/mol. The number of nitrogens with zero attached hydrogens (tertiary/aromatic N) is 3. The van der Waals surface area contributed by atoms with Crippen molar-refractivity contribution in [3.63, 3.8) is 0 Å². The van der Waals surface area contributed by atoms with Gasteiger partial charge in [-0.2, -0.15) is 0 Å². The molecule has 0 saturated carbocycles. The van der Waals surface area contributed by atoms with Crippen LogP contribution in [0.1, 0.15) is 16.2 Å². The van der Waals surface area contributed by atoms with E-state index in [0.29, 0.717) is 54.5 Å². The molecule has 4 rings (SSSR count). The summed E-state index contributed by atoms with van der Waals surface area (Å²) in [6.07, 6.45) is -2.20. The topological polar surface area (TPSA) is 96.8 Å². The Hall–Kier alpha value is -3.70. The van der Waals surface area contributed by atoms with Gasteiger partial charge < -0.3 is 19.5 Å². The predicted octanol–water partition coefficient (Wildman–Crippen LogP) is 3.03. The number of fused-ring (bicyclic) bond motifs is 1. The number of ether oxygens (including phenoxy) is 2. The lowest BCUT2D eigenvalue weighted by atomic mass is 10.0. The first kappa shape index (κ1) is 24.4. The van der Waals surface area contributed by atoms with Gasteiger partial charge in [-0.3, -0.25) is 10.1 Å². The van der Waals surface area contributed by atoms with Gasteiger partial charge in [-0.05, 0) is 41.5 Å². The fourth-order valence-corrected chi connectivity index (χ4v) is 3.65. The number of hydrogen-bond donors (Lipinski definition) is 2. The van der Waals surface area contributed by atoms with Crippen molar-refractivity contribution in [3.8, 4) is 22.6 Å². The highest BCUT2D eigenvalue weighted by molar-refractivity contribution is 5.98. The Labute approximate surface area is 199 Å². The highest BCUT2D eigenvalue weighted by Crippen LogP contribution is 2.31. The Morgan fingerprint density at radius 2 is 1.83 bits per heavy atom. The molecular weight excluding hydrogens is 465 g/mol. The fourth-order valence-electron chi connectivity index (χ4n) is 3.65. The summed E-state index contributed by atoms with van der Waals surface area (Å²) in [7, 11) is 0. The van der Waals surface area contributed by atoms with Gasteiger partial charge in [0.2, 0.25) is 0 Å². The van der Waals surface area contributed by atoms with Crippen LogP contribution >= 0.6 is 0 Å². The SMILES string of the molecule is O=C1c2cc(-c3ccc(OC(F)(F)F)cc3)ccc2OCCN1CCNC(O)Cc1ncccn1. The molecular formula is C24H23F3N4O4. The number of benzene rings is 2. The molecule has 2 aromatic carbocycles. The van der Waals surface area contributed by atoms with Gasteiger partial charge in [0.05, 0.1) is 12.1 Å². The molecule has 0 radical (unpaired) electrons. The van der Waals surface area contributed by atoms with Gasteiger partial charge >= 0.3 is 6.36 Å². The maximum atomic E-state index is 13.2. The lowest BCUT2D eigenvalue weighted by molar-refractivity contribution is -0.274. The third-order valence-electron chi connectivity index (χ3n) is 5.29. The average Bonchev–Trinajstić information content (AvgIpc) is 2.98. The summed E-state index contributed by atoms with van der Waals surface area (Å²) in [5.41, 5.74) is 1.63. The number of rotatable bonds is 8. The number of halogens is 3. The first-order valence-electron chi connectivity index (χ1n) is 10.9. The fraction of sp³-hybridized carbons (Fsp3) is 0.292. The summed E-state index contributed by atoms with van der Waals surface area (Å²) in [6, 6.07) is 12.2. The van der Waals surface area contributed by atoms with Gasteiger partial charge in [0, 0.05) is 31.9 Å². The van der Waals surface area contributed by atoms with Crippen molar-refractivity contribution in [1.29, 1.82) is 0 Å². The third-order valence-corrected chi connectivity index (χ3v) is 5.29. The minimum Gasteiger partial charge on any atom is -0.491 e. The number of nitrogens with one attached hydrogen (secondary N) is 1. The maximum Gasteiger partial charge on any atom is 0.573 e. The highest BCUT2D eigenvalue weighted by Gasteiger charge is 2.31. The van der Waals surface area contributed by atoms with Crippen LogP contribution in [0.25, 0.3) is 11.1 Å². The third kappa shape index (κ3) is 6.67. The summed E-state index contributed by atoms with van der Waals surface area (Å²) < 4.78 is 46.8. The molecule has 11 heteroatoms. The van der Waals surface area contributed by atoms with Crippen LogP contribution in [0.2, 0.25) is 0 Å². The van der Waals surface area contributed by atoms with E-state index < -0.39 is 12.6 Å². The molecule has 1 amide bonds. The van der Waals surface area contributed by atoms with Gasteiger partial charge in [-0.25, -0.2) is 9.97 Å². The van der Waals surface area contributed by atoms with Crippen LogP contribution < -0.4 is 14.8 Å². The molecule has 1 aliphatic heterocycles. The lowest BCUT2D eigenvalue weighted by Crippen LogP contribution is -2.41. The normalized spacial score (nSPS) is 14.6. The first-order valence-corrected chi connectivity index (χ1v) is 10.9. The Morgan fingerprint density at radius 1 is 1.11 bits per heavy atom. The molecule has 0 bridgehead atoms. The van der Waals surface area contributed by atoms with Crippen LogP contribution in [0.4, 0.5) is 13.2 Å². The van der Waals surface area contributed by atoms with E-state index in [0.717, 1.165) is 0 Å². The van der Waals surface area contributed by atoms with Gasteiger partial charge in [0.25, 0.3) is 5.91 Å². The smallest absolute Gasteiger partial charge is 0.491 e. The number of carbonyl (C=O) groups excluding carboxylic acids is 1. The molecule has 1 atom stereocenters. The zero-order valence-corrected chi connectivity index (χ0v) is 18.5. The molecule has 0 fully saturated rings. The van der Waals surface area contributed by atoms with Crippen molar-refractivity contribution in [3.05, 3.63) is 72.3 Å². The van der Waals surface area contributed by atoms with E-state index in [4.69, 9.17) is 4.74 Å². The van der Waals surface area contributed by atoms with E-state index in [9.17, 15) is 23.1 Å². The van der Waals surface area contributed by atoms with Crippen molar-refractivity contribution in [2.45, 2.75) is 19.0 Å². The number of aliphatic hydroxyl groups is 1. The summed E-state index contributed by atoms with van der Waals surface area (Å²) in [4.78, 5) is 22.9. The molecule has 8 nitrogen and oxygen atoms in total. The molecule has 0 aliphatic carbocycles. The highest BCUT2D eigenvalue weighted by atomic mass is 19.4. The Bertz CT molecular complexity index is 1140. The van der Waals surface area contributed by atoms with Gasteiger partial charge in [-0.1, -0.05) is 18.2 Å². The van der Waals surface area contributed by atoms with E-state index in [1.54, 1.807) is 41.6 Å². The van der Waals surface area contributed by atoms with Crippen LogP contribution in [0.3, 0.4) is 0 Å². The molecule has 35 heavy (non-hydrogen) atoms.